The predicted octanol–water partition coefficient (Wildman–Crippen LogP) is 3.01. The van der Waals surface area contributed by atoms with E-state index in [-0.39, 0.29) is 5.57 Å². The Balaban J connectivity index is 5.00. The summed E-state index contributed by atoms with van der Waals surface area (Å²) in [5, 5.41) is 2.65. The Bertz CT molecular complexity index is 232. The van der Waals surface area contributed by atoms with Crippen molar-refractivity contribution in [1.82, 2.24) is 5.32 Å². The highest BCUT2D eigenvalue weighted by molar-refractivity contribution is 5.30. The Hall–Kier alpha value is -0.930. The number of alkyl halides is 3. The lowest BCUT2D eigenvalue weighted by Gasteiger charge is -2.11. The van der Waals surface area contributed by atoms with E-state index in [1.807, 2.05) is 0 Å². The highest BCUT2D eigenvalue weighted by atomic mass is 19.4. The molecule has 1 nitrogen and oxygen atoms in total. The summed E-state index contributed by atoms with van der Waals surface area (Å²) in [5.41, 5.74) is 0.176. The maximum Gasteiger partial charge on any atom is 0.416 e. The largest absolute Gasteiger partial charge is 0.416 e. The SMILES string of the molecule is CN/C(C)=C\C(=C(C)C)C(F)(F)F. The molecule has 0 aromatic rings. The van der Waals surface area contributed by atoms with Crippen molar-refractivity contribution < 1.29 is 13.2 Å². The van der Waals surface area contributed by atoms with Gasteiger partial charge in [0.2, 0.25) is 0 Å². The van der Waals surface area contributed by atoms with Crippen molar-refractivity contribution in [1.29, 1.82) is 0 Å². The average Bonchev–Trinajstić information content (AvgIpc) is 1.96. The van der Waals surface area contributed by atoms with Crippen LogP contribution in [-0.2, 0) is 0 Å². The molecular weight excluding hydrogens is 179 g/mol. The fraction of sp³-hybridized carbons (Fsp3) is 0.556. The van der Waals surface area contributed by atoms with Gasteiger partial charge in [-0.1, -0.05) is 5.57 Å². The Morgan fingerprint density at radius 1 is 1.15 bits per heavy atom. The van der Waals surface area contributed by atoms with Gasteiger partial charge < -0.3 is 5.32 Å². The van der Waals surface area contributed by atoms with Gasteiger partial charge in [-0.25, -0.2) is 0 Å². The number of nitrogens with one attached hydrogen (secondary N) is 1. The lowest BCUT2D eigenvalue weighted by atomic mass is 10.1. The monoisotopic (exact) mass is 193 g/mol. The Kier molecular flexibility index (Phi) is 4.04. The van der Waals surface area contributed by atoms with Crippen LogP contribution in [0.3, 0.4) is 0 Å². The Morgan fingerprint density at radius 2 is 1.62 bits per heavy atom. The molecule has 0 bridgehead atoms. The van der Waals surface area contributed by atoms with E-state index in [4.69, 9.17) is 0 Å². The van der Waals surface area contributed by atoms with Crippen molar-refractivity contribution in [3.8, 4) is 0 Å². The fourth-order valence-corrected chi connectivity index (χ4v) is 0.798. The molecule has 4 heteroatoms. The van der Waals surface area contributed by atoms with Crippen LogP contribution in [0.1, 0.15) is 20.8 Å². The van der Waals surface area contributed by atoms with E-state index >= 15 is 0 Å². The summed E-state index contributed by atoms with van der Waals surface area (Å²) >= 11 is 0. The third-order valence-electron chi connectivity index (χ3n) is 1.60. The van der Waals surface area contributed by atoms with Gasteiger partial charge in [0.05, 0.1) is 5.57 Å². The van der Waals surface area contributed by atoms with Gasteiger partial charge in [0.25, 0.3) is 0 Å². The summed E-state index contributed by atoms with van der Waals surface area (Å²) in [4.78, 5) is 0. The van der Waals surface area contributed by atoms with Crippen molar-refractivity contribution >= 4 is 0 Å². The minimum absolute atomic E-state index is 0.266. The molecule has 0 aromatic carbocycles. The molecule has 0 rings (SSSR count). The number of hydrogen-bond acceptors (Lipinski definition) is 1. The maximum absolute atomic E-state index is 12.3. The summed E-state index contributed by atoms with van der Waals surface area (Å²) in [5.74, 6) is 0. The third-order valence-corrected chi connectivity index (χ3v) is 1.60. The Morgan fingerprint density at radius 3 is 1.85 bits per heavy atom. The first-order chi connectivity index (χ1) is 5.79. The van der Waals surface area contributed by atoms with E-state index in [1.165, 1.54) is 13.8 Å². The first kappa shape index (κ1) is 12.1. The summed E-state index contributed by atoms with van der Waals surface area (Å²) < 4.78 is 37.0. The van der Waals surface area contributed by atoms with Gasteiger partial charge in [-0.15, -0.1) is 0 Å². The number of hydrogen-bond donors (Lipinski definition) is 1. The Labute approximate surface area is 76.3 Å². The highest BCUT2D eigenvalue weighted by Crippen LogP contribution is 2.29. The van der Waals surface area contributed by atoms with Crippen molar-refractivity contribution in [2.24, 2.45) is 0 Å². The summed E-state index contributed by atoms with van der Waals surface area (Å²) in [6.45, 7) is 4.49. The van der Waals surface area contributed by atoms with Crippen LogP contribution in [0.2, 0.25) is 0 Å². The molecule has 13 heavy (non-hydrogen) atoms. The van der Waals surface area contributed by atoms with Crippen LogP contribution in [0, 0.1) is 0 Å². The van der Waals surface area contributed by atoms with E-state index in [0.29, 0.717) is 5.70 Å². The number of halogens is 3. The van der Waals surface area contributed by atoms with Crippen molar-refractivity contribution in [3.63, 3.8) is 0 Å². The lowest BCUT2D eigenvalue weighted by molar-refractivity contribution is -0.0890. The smallest absolute Gasteiger partial charge is 0.392 e. The van der Waals surface area contributed by atoms with E-state index in [1.54, 1.807) is 14.0 Å². The molecule has 0 fully saturated rings. The van der Waals surface area contributed by atoms with Crippen molar-refractivity contribution in [3.05, 3.63) is 22.9 Å². The van der Waals surface area contributed by atoms with Gasteiger partial charge in [-0.05, 0) is 26.8 Å². The van der Waals surface area contributed by atoms with Gasteiger partial charge in [-0.2, -0.15) is 13.2 Å². The molecule has 0 amide bonds. The average molecular weight is 193 g/mol. The van der Waals surface area contributed by atoms with Gasteiger partial charge in [0.15, 0.2) is 0 Å². The van der Waals surface area contributed by atoms with E-state index in [0.717, 1.165) is 6.08 Å². The molecule has 0 aliphatic heterocycles. The summed E-state index contributed by atoms with van der Waals surface area (Å²) in [6.07, 6.45) is -3.16. The topological polar surface area (TPSA) is 12.0 Å². The first-order valence-electron chi connectivity index (χ1n) is 3.89. The normalized spacial score (nSPS) is 12.7. The molecule has 0 radical (unpaired) electrons. The number of allylic oxidation sites excluding steroid dienone is 4. The van der Waals surface area contributed by atoms with Crippen LogP contribution in [0.25, 0.3) is 0 Å². The molecule has 0 unspecified atom stereocenters. The van der Waals surface area contributed by atoms with Crippen LogP contribution in [0.5, 0.6) is 0 Å². The van der Waals surface area contributed by atoms with Gasteiger partial charge in [0, 0.05) is 12.7 Å². The molecule has 0 aliphatic carbocycles. The van der Waals surface area contributed by atoms with Crippen LogP contribution in [0.15, 0.2) is 22.9 Å². The first-order valence-corrected chi connectivity index (χ1v) is 3.89. The molecule has 0 saturated carbocycles. The zero-order valence-electron chi connectivity index (χ0n) is 8.21. The minimum atomic E-state index is -4.27. The van der Waals surface area contributed by atoms with Gasteiger partial charge in [-0.3, -0.25) is 0 Å². The molecule has 0 atom stereocenters. The molecule has 0 heterocycles. The summed E-state index contributed by atoms with van der Waals surface area (Å²) in [6, 6.07) is 0. The van der Waals surface area contributed by atoms with Crippen LogP contribution >= 0.6 is 0 Å². The zero-order chi connectivity index (χ0) is 10.6. The molecule has 1 N–H and O–H groups in total. The van der Waals surface area contributed by atoms with Crippen molar-refractivity contribution in [2.45, 2.75) is 26.9 Å². The van der Waals surface area contributed by atoms with Crippen LogP contribution in [-0.4, -0.2) is 13.2 Å². The van der Waals surface area contributed by atoms with E-state index in [9.17, 15) is 13.2 Å². The maximum atomic E-state index is 12.3. The van der Waals surface area contributed by atoms with Gasteiger partial charge >= 0.3 is 6.18 Å². The van der Waals surface area contributed by atoms with Crippen molar-refractivity contribution in [2.75, 3.05) is 7.05 Å². The molecule has 0 spiro atoms. The fourth-order valence-electron chi connectivity index (χ4n) is 0.798. The lowest BCUT2D eigenvalue weighted by Crippen LogP contribution is -2.13. The zero-order valence-corrected chi connectivity index (χ0v) is 8.21. The minimum Gasteiger partial charge on any atom is -0.392 e. The van der Waals surface area contributed by atoms with E-state index in [2.05, 4.69) is 5.32 Å². The number of rotatable bonds is 2. The quantitative estimate of drug-likeness (QED) is 0.665. The molecule has 0 saturated heterocycles. The van der Waals surface area contributed by atoms with Crippen LogP contribution in [0.4, 0.5) is 13.2 Å². The second-order valence-corrected chi connectivity index (χ2v) is 2.99. The highest BCUT2D eigenvalue weighted by Gasteiger charge is 2.32. The molecule has 76 valence electrons. The second kappa shape index (κ2) is 4.35. The predicted molar refractivity (Wildman–Crippen MR) is 47.2 cm³/mol. The van der Waals surface area contributed by atoms with Gasteiger partial charge in [0.1, 0.15) is 0 Å². The molecule has 0 aliphatic rings. The standard InChI is InChI=1S/C9H14F3N/c1-6(2)8(9(10,11)12)5-7(3)13-4/h5,13H,1-4H3/b7-5-. The second-order valence-electron chi connectivity index (χ2n) is 2.99. The summed E-state index contributed by atoms with van der Waals surface area (Å²) in [7, 11) is 1.59. The molecule has 0 aromatic heterocycles. The van der Waals surface area contributed by atoms with E-state index < -0.39 is 11.7 Å². The van der Waals surface area contributed by atoms with Crippen LogP contribution < -0.4 is 5.32 Å². The third kappa shape index (κ3) is 4.01. The molecular formula is C9H14F3N.